The number of fused-ring (bicyclic) bond motifs is 1. The van der Waals surface area contributed by atoms with Crippen molar-refractivity contribution in [1.82, 2.24) is 19.6 Å². The average molecular weight is 366 g/mol. The van der Waals surface area contributed by atoms with Gasteiger partial charge >= 0.3 is 12.1 Å². The van der Waals surface area contributed by atoms with Gasteiger partial charge in [-0.2, -0.15) is 0 Å². The maximum absolute atomic E-state index is 13.2. The van der Waals surface area contributed by atoms with Crippen molar-refractivity contribution >= 4 is 12.1 Å². The molecule has 142 valence electrons. The van der Waals surface area contributed by atoms with E-state index in [1.165, 1.54) is 0 Å². The van der Waals surface area contributed by atoms with Crippen molar-refractivity contribution in [2.45, 2.75) is 36.7 Å². The van der Waals surface area contributed by atoms with Crippen LogP contribution >= 0.6 is 0 Å². The minimum atomic E-state index is -0.305. The Kier molecular flexibility index (Phi) is 3.23. The topological polar surface area (TPSA) is 97.2 Å². The van der Waals surface area contributed by atoms with E-state index in [-0.39, 0.29) is 48.8 Å². The van der Waals surface area contributed by atoms with Gasteiger partial charge in [-0.3, -0.25) is 19.6 Å². The number of urea groups is 2. The van der Waals surface area contributed by atoms with Crippen LogP contribution in [0.1, 0.15) is 0 Å². The molecule has 4 atom stereocenters. The molecule has 6 aliphatic rings. The summed E-state index contributed by atoms with van der Waals surface area (Å²) in [4.78, 5) is 33.5. The van der Waals surface area contributed by atoms with Crippen LogP contribution in [0.4, 0.5) is 9.59 Å². The van der Waals surface area contributed by atoms with Crippen LogP contribution in [0, 0.1) is 0 Å². The molecule has 0 bridgehead atoms. The molecule has 4 unspecified atom stereocenters. The summed E-state index contributed by atoms with van der Waals surface area (Å²) in [7, 11) is 0. The standard InChI is InChI=1S/C16H22N4O6/c21-15-17(1-9-5-23-9)13-14(19(15)3-11-7-25-11)20(4-12-8-26-12)16(22)18(13)2-10-6-24-10/h9-14H,1-8H2. The van der Waals surface area contributed by atoms with Crippen molar-refractivity contribution in [3.63, 3.8) is 0 Å². The van der Waals surface area contributed by atoms with Gasteiger partial charge in [-0.05, 0) is 0 Å². The summed E-state index contributed by atoms with van der Waals surface area (Å²) in [5, 5.41) is 0. The lowest BCUT2D eigenvalue weighted by atomic mass is 10.3. The normalized spacial score (nSPS) is 42.6. The third kappa shape index (κ3) is 2.63. The second-order valence-corrected chi connectivity index (χ2v) is 7.82. The molecule has 6 heterocycles. The summed E-state index contributed by atoms with van der Waals surface area (Å²) < 4.78 is 21.4. The van der Waals surface area contributed by atoms with Crippen LogP contribution in [0.25, 0.3) is 0 Å². The third-order valence-electron chi connectivity index (χ3n) is 5.74. The second kappa shape index (κ2) is 5.44. The van der Waals surface area contributed by atoms with Gasteiger partial charge in [0.25, 0.3) is 0 Å². The molecule has 0 spiro atoms. The minimum absolute atomic E-state index is 0.0399. The maximum Gasteiger partial charge on any atom is 0.323 e. The summed E-state index contributed by atoms with van der Waals surface area (Å²) in [6.45, 7) is 4.77. The van der Waals surface area contributed by atoms with E-state index in [9.17, 15) is 9.59 Å². The van der Waals surface area contributed by atoms with Crippen LogP contribution in [-0.4, -0.2) is 121 Å². The van der Waals surface area contributed by atoms with Gasteiger partial charge in [0.1, 0.15) is 12.3 Å². The Bertz CT molecular complexity index is 530. The number of epoxide rings is 4. The SMILES string of the molecule is O=C1N(CC2CO2)C2C(N1CC1CO1)N(CC1CO1)C(=O)N2CC1CO1. The fourth-order valence-corrected chi connectivity index (χ4v) is 4.08. The Morgan fingerprint density at radius 2 is 0.808 bits per heavy atom. The predicted molar refractivity (Wildman–Crippen MR) is 84.2 cm³/mol. The maximum atomic E-state index is 13.2. The highest BCUT2D eigenvalue weighted by Crippen LogP contribution is 2.38. The predicted octanol–water partition coefficient (Wildman–Crippen LogP) is -1.29. The Balaban J connectivity index is 1.33. The van der Waals surface area contributed by atoms with Gasteiger partial charge in [-0.1, -0.05) is 0 Å². The van der Waals surface area contributed by atoms with Crippen LogP contribution in [0.15, 0.2) is 0 Å². The van der Waals surface area contributed by atoms with E-state index >= 15 is 0 Å². The van der Waals surface area contributed by atoms with Gasteiger partial charge in [-0.15, -0.1) is 0 Å². The van der Waals surface area contributed by atoms with E-state index in [1.807, 2.05) is 0 Å². The molecule has 0 radical (unpaired) electrons. The van der Waals surface area contributed by atoms with Crippen LogP contribution in [0.2, 0.25) is 0 Å². The van der Waals surface area contributed by atoms with E-state index in [1.54, 1.807) is 19.6 Å². The summed E-state index contributed by atoms with van der Waals surface area (Å²) in [5.41, 5.74) is 0. The monoisotopic (exact) mass is 366 g/mol. The third-order valence-corrected chi connectivity index (χ3v) is 5.74. The lowest BCUT2D eigenvalue weighted by Gasteiger charge is -2.29. The van der Waals surface area contributed by atoms with Gasteiger partial charge in [0.05, 0.1) is 77.0 Å². The Hall–Kier alpha value is -1.62. The molecule has 6 aliphatic heterocycles. The molecule has 0 aromatic heterocycles. The highest BCUT2D eigenvalue weighted by atomic mass is 16.6. The van der Waals surface area contributed by atoms with Gasteiger partial charge in [0.15, 0.2) is 0 Å². The van der Waals surface area contributed by atoms with E-state index < -0.39 is 0 Å². The van der Waals surface area contributed by atoms with Crippen LogP contribution < -0.4 is 0 Å². The molecule has 10 heteroatoms. The van der Waals surface area contributed by atoms with Gasteiger partial charge in [-0.25, -0.2) is 9.59 Å². The van der Waals surface area contributed by atoms with E-state index in [0.717, 1.165) is 0 Å². The summed E-state index contributed by atoms with van der Waals surface area (Å²) in [6.07, 6.45) is -0.307. The highest BCUT2D eigenvalue weighted by Gasteiger charge is 2.61. The number of ether oxygens (including phenoxy) is 4. The molecule has 0 aromatic carbocycles. The molecule has 0 N–H and O–H groups in total. The molecular formula is C16H22N4O6. The fourth-order valence-electron chi connectivity index (χ4n) is 4.08. The first-order chi connectivity index (χ1) is 12.7. The molecule has 4 amide bonds. The molecule has 0 aliphatic carbocycles. The average Bonchev–Trinajstić information content (AvgIpc) is 3.46. The first-order valence-electron chi connectivity index (χ1n) is 9.30. The number of nitrogens with zero attached hydrogens (tertiary/aromatic N) is 4. The van der Waals surface area contributed by atoms with Crippen molar-refractivity contribution in [2.24, 2.45) is 0 Å². The number of carbonyl (C=O) groups is 2. The molecule has 0 aromatic rings. The zero-order valence-electron chi connectivity index (χ0n) is 14.4. The molecular weight excluding hydrogens is 344 g/mol. The van der Waals surface area contributed by atoms with Crippen molar-refractivity contribution in [1.29, 1.82) is 0 Å². The number of hydrogen-bond acceptors (Lipinski definition) is 6. The van der Waals surface area contributed by atoms with Crippen molar-refractivity contribution in [3.05, 3.63) is 0 Å². The lowest BCUT2D eigenvalue weighted by molar-refractivity contribution is 0.111. The van der Waals surface area contributed by atoms with Crippen LogP contribution in [0.3, 0.4) is 0 Å². The Morgan fingerprint density at radius 1 is 0.577 bits per heavy atom. The van der Waals surface area contributed by atoms with Gasteiger partial charge in [0.2, 0.25) is 0 Å². The van der Waals surface area contributed by atoms with E-state index in [4.69, 9.17) is 18.9 Å². The fraction of sp³-hybridized carbons (Fsp3) is 0.875. The van der Waals surface area contributed by atoms with Crippen molar-refractivity contribution in [2.75, 3.05) is 52.6 Å². The van der Waals surface area contributed by atoms with Crippen molar-refractivity contribution in [3.8, 4) is 0 Å². The highest BCUT2D eigenvalue weighted by molar-refractivity contribution is 5.85. The van der Waals surface area contributed by atoms with Gasteiger partial charge in [0, 0.05) is 0 Å². The first-order valence-corrected chi connectivity index (χ1v) is 9.30. The largest absolute Gasteiger partial charge is 0.371 e. The molecule has 6 saturated heterocycles. The van der Waals surface area contributed by atoms with E-state index in [2.05, 4.69) is 0 Å². The lowest BCUT2D eigenvalue weighted by Crippen LogP contribution is -2.49. The molecule has 6 fully saturated rings. The first kappa shape index (κ1) is 15.4. The second-order valence-electron chi connectivity index (χ2n) is 7.82. The summed E-state index contributed by atoms with van der Waals surface area (Å²) in [6, 6.07) is -0.0798. The number of carbonyl (C=O) groups excluding carboxylic acids is 2. The molecule has 10 nitrogen and oxygen atoms in total. The molecule has 0 saturated carbocycles. The smallest absolute Gasteiger partial charge is 0.323 e. The summed E-state index contributed by atoms with van der Waals surface area (Å²) in [5.74, 6) is 0. The zero-order valence-corrected chi connectivity index (χ0v) is 14.4. The number of hydrogen-bond donors (Lipinski definition) is 0. The number of rotatable bonds is 8. The Labute approximate surface area is 150 Å². The van der Waals surface area contributed by atoms with Gasteiger partial charge < -0.3 is 18.9 Å². The Morgan fingerprint density at radius 3 is 1.00 bits per heavy atom. The van der Waals surface area contributed by atoms with E-state index in [0.29, 0.717) is 52.6 Å². The summed E-state index contributed by atoms with van der Waals surface area (Å²) >= 11 is 0. The van der Waals surface area contributed by atoms with Crippen LogP contribution in [0.5, 0.6) is 0 Å². The zero-order chi connectivity index (χ0) is 17.4. The van der Waals surface area contributed by atoms with Crippen molar-refractivity contribution < 1.29 is 28.5 Å². The quantitative estimate of drug-likeness (QED) is 0.496. The minimum Gasteiger partial charge on any atom is -0.371 e. The number of amides is 4. The molecule has 6 rings (SSSR count). The van der Waals surface area contributed by atoms with Crippen LogP contribution in [-0.2, 0) is 18.9 Å². The molecule has 26 heavy (non-hydrogen) atoms.